The van der Waals surface area contributed by atoms with Crippen molar-refractivity contribution in [2.45, 2.75) is 13.3 Å². The minimum absolute atomic E-state index is 1.04. The molecule has 0 rings (SSSR count). The third-order valence-corrected chi connectivity index (χ3v) is 0.447. The molecule has 0 spiro atoms. The van der Waals surface area contributed by atoms with E-state index < -0.39 is 0 Å². The molecule has 0 unspecified atom stereocenters. The summed E-state index contributed by atoms with van der Waals surface area (Å²) in [6.07, 6.45) is 4.69. The van der Waals surface area contributed by atoms with Gasteiger partial charge in [-0.2, -0.15) is 0 Å². The Morgan fingerprint density at radius 1 is 1.83 bits per heavy atom. The summed E-state index contributed by atoms with van der Waals surface area (Å²) < 4.78 is 0. The van der Waals surface area contributed by atoms with Gasteiger partial charge in [0, 0.05) is 6.20 Å². The summed E-state index contributed by atoms with van der Waals surface area (Å²) in [6, 6.07) is 0. The average molecular weight is 83.1 g/mol. The second-order valence-electron chi connectivity index (χ2n) is 0.976. The molecule has 0 bridgehead atoms. The second-order valence-corrected chi connectivity index (χ2v) is 0.976. The summed E-state index contributed by atoms with van der Waals surface area (Å²) in [5.41, 5.74) is 0. The van der Waals surface area contributed by atoms with E-state index in [0.717, 1.165) is 6.42 Å². The van der Waals surface area contributed by atoms with Gasteiger partial charge < -0.3 is 0 Å². The van der Waals surface area contributed by atoms with Gasteiger partial charge >= 0.3 is 0 Å². The van der Waals surface area contributed by atoms with Crippen LogP contribution in [0.1, 0.15) is 13.3 Å². The molecule has 0 atom stereocenters. The van der Waals surface area contributed by atoms with Crippen LogP contribution >= 0.6 is 0 Å². The minimum Gasteiger partial charge on any atom is -0.273 e. The second kappa shape index (κ2) is 4.41. The largest absolute Gasteiger partial charge is 0.273 e. The van der Waals surface area contributed by atoms with Crippen LogP contribution in [0.2, 0.25) is 0 Å². The highest BCUT2D eigenvalue weighted by atomic mass is 14.6. The van der Waals surface area contributed by atoms with Crippen molar-refractivity contribution in [1.29, 1.82) is 0 Å². The lowest BCUT2D eigenvalue weighted by Gasteiger charge is -1.68. The van der Waals surface area contributed by atoms with Crippen LogP contribution in [-0.4, -0.2) is 6.72 Å². The van der Waals surface area contributed by atoms with E-state index in [4.69, 9.17) is 0 Å². The Labute approximate surface area is 38.4 Å². The molecule has 0 amide bonds. The van der Waals surface area contributed by atoms with Crippen LogP contribution in [0, 0.1) is 0 Å². The molecular weight excluding hydrogens is 74.1 g/mol. The summed E-state index contributed by atoms with van der Waals surface area (Å²) >= 11 is 0. The quantitative estimate of drug-likeness (QED) is 0.450. The summed E-state index contributed by atoms with van der Waals surface area (Å²) in [6.45, 7) is 5.32. The molecule has 34 valence electrons. The fraction of sp³-hybridized carbons (Fsp3) is 0.400. The zero-order chi connectivity index (χ0) is 4.83. The Hall–Kier alpha value is -0.590. The molecule has 0 saturated heterocycles. The lowest BCUT2D eigenvalue weighted by atomic mass is 10.5. The molecule has 0 aliphatic carbocycles. The van der Waals surface area contributed by atoms with Crippen LogP contribution in [0.4, 0.5) is 0 Å². The predicted octanol–water partition coefficient (Wildman–Crippen LogP) is 1.61. The Kier molecular flexibility index (Phi) is 3.98. The highest BCUT2D eigenvalue weighted by Gasteiger charge is 1.55. The molecular formula is C5H9N. The van der Waals surface area contributed by atoms with Crippen LogP contribution in [-0.2, 0) is 0 Å². The minimum atomic E-state index is 1.04. The highest BCUT2D eigenvalue weighted by molar-refractivity contribution is 5.25. The van der Waals surface area contributed by atoms with Crippen molar-refractivity contribution in [2.24, 2.45) is 4.99 Å². The Morgan fingerprint density at radius 3 is 2.67 bits per heavy atom. The monoisotopic (exact) mass is 83.1 g/mol. The van der Waals surface area contributed by atoms with Crippen molar-refractivity contribution in [2.75, 3.05) is 0 Å². The van der Waals surface area contributed by atoms with Crippen LogP contribution in [0.5, 0.6) is 0 Å². The molecule has 1 nitrogen and oxygen atoms in total. The standard InChI is InChI=1S/C5H9N/c1-3-4-5-6-2/h4-5H,2-3H2,1H3. The van der Waals surface area contributed by atoms with Gasteiger partial charge in [0.05, 0.1) is 0 Å². The maximum Gasteiger partial charge on any atom is 0.0220 e. The summed E-state index contributed by atoms with van der Waals surface area (Å²) in [5, 5.41) is 0. The van der Waals surface area contributed by atoms with Gasteiger partial charge in [-0.15, -0.1) is 0 Å². The first-order valence-electron chi connectivity index (χ1n) is 2.02. The van der Waals surface area contributed by atoms with E-state index in [1.807, 2.05) is 6.08 Å². The molecule has 0 aliphatic rings. The van der Waals surface area contributed by atoms with Crippen LogP contribution in [0.25, 0.3) is 0 Å². The van der Waals surface area contributed by atoms with Gasteiger partial charge in [0.1, 0.15) is 0 Å². The number of hydrogen-bond acceptors (Lipinski definition) is 1. The van der Waals surface area contributed by atoms with E-state index in [2.05, 4.69) is 18.6 Å². The lowest BCUT2D eigenvalue weighted by Crippen LogP contribution is -1.47. The SMILES string of the molecule is C=NC=CCC. The Morgan fingerprint density at radius 2 is 2.50 bits per heavy atom. The van der Waals surface area contributed by atoms with E-state index >= 15 is 0 Å². The van der Waals surface area contributed by atoms with E-state index in [9.17, 15) is 0 Å². The topological polar surface area (TPSA) is 12.4 Å². The number of aliphatic imine (C=N–C) groups is 1. The predicted molar refractivity (Wildman–Crippen MR) is 29.0 cm³/mol. The lowest BCUT2D eigenvalue weighted by molar-refractivity contribution is 1.21. The average Bonchev–Trinajstić information content (AvgIpc) is 1.61. The summed E-state index contributed by atoms with van der Waals surface area (Å²) in [4.78, 5) is 3.49. The van der Waals surface area contributed by atoms with Gasteiger partial charge in [-0.25, -0.2) is 0 Å². The summed E-state index contributed by atoms with van der Waals surface area (Å²) in [7, 11) is 0. The molecule has 0 saturated carbocycles. The molecule has 0 aliphatic heterocycles. The molecule has 0 fully saturated rings. The van der Waals surface area contributed by atoms with Crippen LogP contribution < -0.4 is 0 Å². The molecule has 0 aromatic carbocycles. The van der Waals surface area contributed by atoms with Crippen LogP contribution in [0.15, 0.2) is 17.3 Å². The first-order chi connectivity index (χ1) is 2.91. The molecule has 0 radical (unpaired) electrons. The zero-order valence-corrected chi connectivity index (χ0v) is 4.02. The molecule has 0 N–H and O–H groups in total. The molecule has 1 heteroatoms. The number of nitrogens with zero attached hydrogens (tertiary/aromatic N) is 1. The molecule has 0 heterocycles. The Balaban J connectivity index is 2.94. The Bertz CT molecular complexity index is 55.0. The van der Waals surface area contributed by atoms with Crippen molar-refractivity contribution >= 4 is 6.72 Å². The molecule has 0 aromatic rings. The third-order valence-electron chi connectivity index (χ3n) is 0.447. The van der Waals surface area contributed by atoms with Crippen molar-refractivity contribution in [3.8, 4) is 0 Å². The van der Waals surface area contributed by atoms with Crippen molar-refractivity contribution < 1.29 is 0 Å². The van der Waals surface area contributed by atoms with E-state index in [1.54, 1.807) is 6.20 Å². The number of rotatable bonds is 2. The number of hydrogen-bond donors (Lipinski definition) is 0. The maximum atomic E-state index is 3.49. The van der Waals surface area contributed by atoms with Crippen molar-refractivity contribution in [3.05, 3.63) is 12.3 Å². The fourth-order valence-electron chi connectivity index (χ4n) is 0.180. The molecule has 0 aromatic heterocycles. The van der Waals surface area contributed by atoms with Gasteiger partial charge in [0.2, 0.25) is 0 Å². The van der Waals surface area contributed by atoms with Crippen molar-refractivity contribution in [3.63, 3.8) is 0 Å². The number of allylic oxidation sites excluding steroid dienone is 1. The van der Waals surface area contributed by atoms with Gasteiger partial charge in [-0.1, -0.05) is 13.0 Å². The normalized spacial score (nSPS) is 9.50. The van der Waals surface area contributed by atoms with E-state index in [0.29, 0.717) is 0 Å². The van der Waals surface area contributed by atoms with E-state index in [1.165, 1.54) is 0 Å². The zero-order valence-electron chi connectivity index (χ0n) is 4.02. The smallest absolute Gasteiger partial charge is 0.0220 e. The van der Waals surface area contributed by atoms with Gasteiger partial charge in [0.15, 0.2) is 0 Å². The van der Waals surface area contributed by atoms with Gasteiger partial charge in [-0.05, 0) is 13.1 Å². The van der Waals surface area contributed by atoms with Crippen LogP contribution in [0.3, 0.4) is 0 Å². The van der Waals surface area contributed by atoms with Crippen molar-refractivity contribution in [1.82, 2.24) is 0 Å². The maximum absolute atomic E-state index is 3.49. The fourth-order valence-corrected chi connectivity index (χ4v) is 0.180. The van der Waals surface area contributed by atoms with E-state index in [-0.39, 0.29) is 0 Å². The third kappa shape index (κ3) is 3.41. The highest BCUT2D eigenvalue weighted by Crippen LogP contribution is 1.76. The summed E-state index contributed by atoms with van der Waals surface area (Å²) in [5.74, 6) is 0. The first-order valence-corrected chi connectivity index (χ1v) is 2.02. The molecule has 6 heavy (non-hydrogen) atoms. The first kappa shape index (κ1) is 5.41. The van der Waals surface area contributed by atoms with Gasteiger partial charge in [-0.3, -0.25) is 4.99 Å². The van der Waals surface area contributed by atoms with Gasteiger partial charge in [0.25, 0.3) is 0 Å².